The number of anilines is 1. The van der Waals surface area contributed by atoms with Crippen molar-refractivity contribution in [3.63, 3.8) is 0 Å². The van der Waals surface area contributed by atoms with Gasteiger partial charge in [0.15, 0.2) is 0 Å². The maximum absolute atomic E-state index is 11.7. The summed E-state index contributed by atoms with van der Waals surface area (Å²) in [6.45, 7) is 2.16. The van der Waals surface area contributed by atoms with Crippen molar-refractivity contribution >= 4 is 26.7 Å². The highest BCUT2D eigenvalue weighted by Crippen LogP contribution is 2.53. The molecule has 8 nitrogen and oxygen atoms in total. The van der Waals surface area contributed by atoms with E-state index in [-0.39, 0.29) is 25.0 Å². The molecule has 0 aliphatic heterocycles. The van der Waals surface area contributed by atoms with E-state index in [0.717, 1.165) is 5.57 Å². The van der Waals surface area contributed by atoms with Crippen molar-refractivity contribution in [1.82, 2.24) is 9.55 Å². The molecule has 0 saturated heterocycles. The summed E-state index contributed by atoms with van der Waals surface area (Å²) in [5.41, 5.74) is 5.27. The number of hydrogen-bond donors (Lipinski definition) is 1. The molecule has 0 aromatic carbocycles. The number of aromatic nitrogens is 2. The summed E-state index contributed by atoms with van der Waals surface area (Å²) in [7, 11) is -0.440. The number of esters is 1. The summed E-state index contributed by atoms with van der Waals surface area (Å²) in [6, 6.07) is 1.51. The van der Waals surface area contributed by atoms with Gasteiger partial charge in [0.25, 0.3) is 0 Å². The third-order valence-corrected chi connectivity index (χ3v) is 3.82. The molecule has 1 aromatic rings. The zero-order valence-electron chi connectivity index (χ0n) is 12.7. The van der Waals surface area contributed by atoms with Crippen molar-refractivity contribution in [3.8, 4) is 0 Å². The quantitative estimate of drug-likeness (QED) is 0.565. The van der Waals surface area contributed by atoms with Gasteiger partial charge in [0, 0.05) is 18.8 Å². The number of nitrogens with two attached hydrogens (primary N) is 1. The highest BCUT2D eigenvalue weighted by atomic mass is 31.1. The lowest BCUT2D eigenvalue weighted by Gasteiger charge is -2.13. The Morgan fingerprint density at radius 1 is 1.57 bits per heavy atom. The summed E-state index contributed by atoms with van der Waals surface area (Å²) in [5, 5.41) is 0. The molecule has 0 radical (unpaired) electrons. The van der Waals surface area contributed by atoms with Crippen molar-refractivity contribution in [1.29, 1.82) is 0 Å². The second kappa shape index (κ2) is 7.48. The fraction of sp³-hybridized carbons (Fsp3) is 0.500. The molecule has 1 atom stereocenters. The van der Waals surface area contributed by atoms with Gasteiger partial charge >= 0.3 is 20.3 Å². The molecule has 124 valence electrons. The zero-order chi connectivity index (χ0) is 16.9. The van der Waals surface area contributed by atoms with E-state index < -0.39 is 19.8 Å². The number of nitrogens with zero attached hydrogens (tertiary/aromatic N) is 2. The fourth-order valence-corrected chi connectivity index (χ4v) is 2.47. The van der Waals surface area contributed by atoms with Crippen molar-refractivity contribution in [3.05, 3.63) is 28.3 Å². The first kappa shape index (κ1) is 17.3. The molecule has 0 amide bonds. The molecule has 0 bridgehead atoms. The van der Waals surface area contributed by atoms with Crippen LogP contribution in [0.2, 0.25) is 0 Å². The SMILES string of the molecule is CCCC(=O)OCC1(COP=O)C/C1=C/n1ccc(N)nc1=O. The van der Waals surface area contributed by atoms with Crippen LogP contribution in [0.25, 0.3) is 6.20 Å². The smallest absolute Gasteiger partial charge is 0.353 e. The van der Waals surface area contributed by atoms with Crippen LogP contribution < -0.4 is 11.4 Å². The Morgan fingerprint density at radius 2 is 2.35 bits per heavy atom. The largest absolute Gasteiger partial charge is 0.465 e. The van der Waals surface area contributed by atoms with Crippen molar-refractivity contribution < 1.29 is 18.6 Å². The van der Waals surface area contributed by atoms with Gasteiger partial charge in [-0.05, 0) is 24.5 Å². The molecule has 1 saturated carbocycles. The topological polar surface area (TPSA) is 114 Å². The van der Waals surface area contributed by atoms with Crippen LogP contribution in [0.1, 0.15) is 26.2 Å². The van der Waals surface area contributed by atoms with Crippen LogP contribution in [0.15, 0.2) is 22.6 Å². The molecule has 1 unspecified atom stereocenters. The molecule has 1 aliphatic carbocycles. The Hall–Kier alpha value is -2.05. The van der Waals surface area contributed by atoms with Gasteiger partial charge in [0.2, 0.25) is 0 Å². The average Bonchev–Trinajstić information content (AvgIpc) is 3.20. The second-order valence-corrected chi connectivity index (χ2v) is 5.82. The van der Waals surface area contributed by atoms with E-state index in [9.17, 15) is 14.2 Å². The van der Waals surface area contributed by atoms with Crippen molar-refractivity contribution in [2.75, 3.05) is 18.9 Å². The molecular weight excluding hydrogens is 321 g/mol. The van der Waals surface area contributed by atoms with Crippen LogP contribution >= 0.6 is 8.69 Å². The van der Waals surface area contributed by atoms with E-state index >= 15 is 0 Å². The normalized spacial score (nSPS) is 21.5. The van der Waals surface area contributed by atoms with Crippen molar-refractivity contribution in [2.24, 2.45) is 5.41 Å². The highest BCUT2D eigenvalue weighted by Gasteiger charge is 2.50. The molecule has 2 rings (SSSR count). The van der Waals surface area contributed by atoms with E-state index in [1.165, 1.54) is 16.8 Å². The highest BCUT2D eigenvalue weighted by molar-refractivity contribution is 7.17. The van der Waals surface area contributed by atoms with Crippen LogP contribution in [-0.4, -0.2) is 28.7 Å². The van der Waals surface area contributed by atoms with E-state index in [2.05, 4.69) is 4.98 Å². The maximum atomic E-state index is 11.7. The number of ether oxygens (including phenoxy) is 1. The first-order valence-corrected chi connectivity index (χ1v) is 7.90. The van der Waals surface area contributed by atoms with Crippen LogP contribution in [0.4, 0.5) is 5.82 Å². The number of carbonyl (C=O) groups is 1. The minimum absolute atomic E-state index is 0.129. The lowest BCUT2D eigenvalue weighted by molar-refractivity contribution is -0.145. The Balaban J connectivity index is 2.12. The Kier molecular flexibility index (Phi) is 5.63. The Bertz CT molecular complexity index is 687. The zero-order valence-corrected chi connectivity index (χ0v) is 13.6. The molecule has 1 heterocycles. The van der Waals surface area contributed by atoms with Gasteiger partial charge < -0.3 is 10.5 Å². The predicted octanol–water partition coefficient (Wildman–Crippen LogP) is 1.62. The summed E-state index contributed by atoms with van der Waals surface area (Å²) >= 11 is 0. The monoisotopic (exact) mass is 339 g/mol. The lowest BCUT2D eigenvalue weighted by atomic mass is 10.1. The molecule has 1 aromatic heterocycles. The Morgan fingerprint density at radius 3 is 3.00 bits per heavy atom. The van der Waals surface area contributed by atoms with E-state index in [1.807, 2.05) is 6.92 Å². The van der Waals surface area contributed by atoms with E-state index in [1.54, 1.807) is 6.20 Å². The molecular formula is C14H18N3O5P. The number of hydrogen-bond acceptors (Lipinski definition) is 7. The third-order valence-electron chi connectivity index (χ3n) is 3.59. The predicted molar refractivity (Wildman–Crippen MR) is 83.7 cm³/mol. The summed E-state index contributed by atoms with van der Waals surface area (Å²) in [4.78, 5) is 26.9. The second-order valence-electron chi connectivity index (χ2n) is 5.41. The third kappa shape index (κ3) is 4.46. The molecule has 0 spiro atoms. The first-order valence-electron chi connectivity index (χ1n) is 7.17. The molecule has 1 aliphatic rings. The van der Waals surface area contributed by atoms with Crippen LogP contribution in [0.5, 0.6) is 0 Å². The summed E-state index contributed by atoms with van der Waals surface area (Å²) in [5.74, 6) is -0.141. The van der Waals surface area contributed by atoms with Gasteiger partial charge in [0.1, 0.15) is 12.4 Å². The Labute approximate surface area is 134 Å². The molecule has 23 heavy (non-hydrogen) atoms. The molecule has 2 N–H and O–H groups in total. The van der Waals surface area contributed by atoms with E-state index in [0.29, 0.717) is 19.3 Å². The standard InChI is InChI=1S/C14H18N3O5P/c1-2-3-12(18)21-8-14(9-22-23-20)6-10(14)7-17-5-4-11(15)16-13(17)19/h4-5,7H,2-3,6,8-9H2,1H3,(H2,15,16,19)/b10-7-. The van der Waals surface area contributed by atoms with E-state index in [4.69, 9.17) is 15.0 Å². The van der Waals surface area contributed by atoms with Crippen LogP contribution in [-0.2, 0) is 18.6 Å². The minimum Gasteiger partial charge on any atom is -0.465 e. The maximum Gasteiger partial charge on any atom is 0.353 e. The summed E-state index contributed by atoms with van der Waals surface area (Å²) < 4.78 is 22.0. The van der Waals surface area contributed by atoms with Gasteiger partial charge in [-0.15, -0.1) is 0 Å². The number of nitrogen functional groups attached to an aromatic ring is 1. The molecule has 1 fully saturated rings. The minimum atomic E-state index is -0.540. The number of carbonyl (C=O) groups excluding carboxylic acids is 1. The van der Waals surface area contributed by atoms with Crippen LogP contribution in [0.3, 0.4) is 0 Å². The van der Waals surface area contributed by atoms with Gasteiger partial charge in [-0.25, -0.2) is 9.36 Å². The summed E-state index contributed by atoms with van der Waals surface area (Å²) in [6.07, 6.45) is 4.76. The lowest BCUT2D eigenvalue weighted by Crippen LogP contribution is -2.21. The number of rotatable bonds is 8. The van der Waals surface area contributed by atoms with Gasteiger partial charge in [-0.3, -0.25) is 13.9 Å². The van der Waals surface area contributed by atoms with Gasteiger partial charge in [0.05, 0.1) is 12.0 Å². The van der Waals surface area contributed by atoms with Gasteiger partial charge in [-0.2, -0.15) is 4.98 Å². The molecule has 9 heteroatoms. The van der Waals surface area contributed by atoms with Crippen molar-refractivity contribution in [2.45, 2.75) is 26.2 Å². The fourth-order valence-electron chi connectivity index (χ4n) is 2.17. The average molecular weight is 339 g/mol. The van der Waals surface area contributed by atoms with Gasteiger partial charge in [-0.1, -0.05) is 6.92 Å². The first-order chi connectivity index (χ1) is 11.0. The van der Waals surface area contributed by atoms with Crippen LogP contribution in [0, 0.1) is 5.41 Å².